The van der Waals surface area contributed by atoms with E-state index in [4.69, 9.17) is 10.8 Å². The largest absolute Gasteiger partial charge is 0.398 e. The predicted octanol–water partition coefficient (Wildman–Crippen LogP) is 2.87. The molecular formula is C10H10BrNOS. The van der Waals surface area contributed by atoms with Gasteiger partial charge < -0.3 is 10.8 Å². The third-order valence-electron chi connectivity index (χ3n) is 2.13. The predicted molar refractivity (Wildman–Crippen MR) is 64.8 cm³/mol. The Morgan fingerprint density at radius 3 is 2.79 bits per heavy atom. The highest BCUT2D eigenvalue weighted by Crippen LogP contribution is 2.30. The van der Waals surface area contributed by atoms with Gasteiger partial charge in [0.05, 0.1) is 6.61 Å². The van der Waals surface area contributed by atoms with Crippen LogP contribution in [0.15, 0.2) is 18.2 Å². The van der Waals surface area contributed by atoms with Gasteiger partial charge in [-0.15, -0.1) is 11.3 Å². The van der Waals surface area contributed by atoms with Crippen molar-refractivity contribution in [3.05, 3.63) is 28.6 Å². The van der Waals surface area contributed by atoms with E-state index in [-0.39, 0.29) is 6.61 Å². The van der Waals surface area contributed by atoms with Crippen LogP contribution in [0.5, 0.6) is 0 Å². The lowest BCUT2D eigenvalue weighted by atomic mass is 10.1. The van der Waals surface area contributed by atoms with E-state index in [1.807, 2.05) is 12.1 Å². The van der Waals surface area contributed by atoms with E-state index in [0.29, 0.717) is 0 Å². The molecule has 0 fully saturated rings. The van der Waals surface area contributed by atoms with Crippen LogP contribution in [0.1, 0.15) is 10.4 Å². The van der Waals surface area contributed by atoms with Gasteiger partial charge in [0, 0.05) is 20.6 Å². The third kappa shape index (κ3) is 1.65. The first kappa shape index (κ1) is 9.96. The summed E-state index contributed by atoms with van der Waals surface area (Å²) in [7, 11) is 0. The molecule has 0 spiro atoms. The fraction of sp³-hybridized carbons (Fsp3) is 0.200. The molecule has 14 heavy (non-hydrogen) atoms. The molecule has 2 rings (SSSR count). The van der Waals surface area contributed by atoms with Crippen LogP contribution in [0, 0.1) is 0 Å². The molecule has 74 valence electrons. The highest BCUT2D eigenvalue weighted by Gasteiger charge is 2.04. The minimum absolute atomic E-state index is 0.100. The molecule has 3 N–H and O–H groups in total. The maximum Gasteiger partial charge on any atom is 0.0774 e. The van der Waals surface area contributed by atoms with Crippen molar-refractivity contribution in [2.24, 2.45) is 0 Å². The van der Waals surface area contributed by atoms with E-state index in [1.54, 1.807) is 11.3 Å². The van der Waals surface area contributed by atoms with Crippen molar-refractivity contribution in [3.8, 4) is 0 Å². The van der Waals surface area contributed by atoms with Gasteiger partial charge in [-0.1, -0.05) is 15.9 Å². The number of benzene rings is 1. The lowest BCUT2D eigenvalue weighted by molar-refractivity contribution is 0.285. The van der Waals surface area contributed by atoms with Gasteiger partial charge in [-0.25, -0.2) is 0 Å². The number of nitrogen functional groups attached to an aromatic ring is 1. The Hall–Kier alpha value is -0.580. The van der Waals surface area contributed by atoms with Gasteiger partial charge in [-0.3, -0.25) is 0 Å². The molecule has 1 aromatic heterocycles. The molecule has 1 heterocycles. The molecule has 0 saturated heterocycles. The van der Waals surface area contributed by atoms with Crippen LogP contribution in [0.2, 0.25) is 0 Å². The van der Waals surface area contributed by atoms with Crippen molar-refractivity contribution >= 4 is 43.0 Å². The molecule has 0 saturated carbocycles. The fourth-order valence-corrected chi connectivity index (χ4v) is 2.85. The van der Waals surface area contributed by atoms with Gasteiger partial charge >= 0.3 is 0 Å². The lowest BCUT2D eigenvalue weighted by Gasteiger charge is -2.00. The van der Waals surface area contributed by atoms with Gasteiger partial charge in [0.25, 0.3) is 0 Å². The van der Waals surface area contributed by atoms with Crippen molar-refractivity contribution in [2.75, 3.05) is 5.73 Å². The van der Waals surface area contributed by atoms with Gasteiger partial charge in [-0.05, 0) is 29.1 Å². The average Bonchev–Trinajstić information content (AvgIpc) is 2.58. The maximum atomic E-state index is 9.00. The number of rotatable bonds is 2. The highest BCUT2D eigenvalue weighted by molar-refractivity contribution is 9.08. The fourth-order valence-electron chi connectivity index (χ4n) is 1.40. The Kier molecular flexibility index (Phi) is 2.76. The number of aliphatic hydroxyl groups excluding tert-OH is 1. The van der Waals surface area contributed by atoms with Crippen LogP contribution in [-0.4, -0.2) is 5.11 Å². The van der Waals surface area contributed by atoms with E-state index < -0.39 is 0 Å². The minimum Gasteiger partial charge on any atom is -0.398 e. The van der Waals surface area contributed by atoms with E-state index >= 15 is 0 Å². The van der Waals surface area contributed by atoms with Crippen LogP contribution >= 0.6 is 27.3 Å². The van der Waals surface area contributed by atoms with Gasteiger partial charge in [0.1, 0.15) is 0 Å². The summed E-state index contributed by atoms with van der Waals surface area (Å²) in [5.41, 5.74) is 7.76. The van der Waals surface area contributed by atoms with Crippen molar-refractivity contribution < 1.29 is 5.11 Å². The molecule has 0 aliphatic heterocycles. The van der Waals surface area contributed by atoms with E-state index in [2.05, 4.69) is 22.0 Å². The van der Waals surface area contributed by atoms with Crippen molar-refractivity contribution in [2.45, 2.75) is 11.9 Å². The van der Waals surface area contributed by atoms with Crippen molar-refractivity contribution in [1.29, 1.82) is 0 Å². The zero-order valence-electron chi connectivity index (χ0n) is 7.46. The van der Waals surface area contributed by atoms with Crippen molar-refractivity contribution in [1.82, 2.24) is 0 Å². The number of halogens is 1. The first-order valence-electron chi connectivity index (χ1n) is 4.22. The van der Waals surface area contributed by atoms with Gasteiger partial charge in [0.15, 0.2) is 0 Å². The summed E-state index contributed by atoms with van der Waals surface area (Å²) < 4.78 is 1.18. The summed E-state index contributed by atoms with van der Waals surface area (Å²) in [5.74, 6) is 0. The molecule has 0 bridgehead atoms. The minimum atomic E-state index is 0.100. The quantitative estimate of drug-likeness (QED) is 0.652. The van der Waals surface area contributed by atoms with Crippen LogP contribution < -0.4 is 5.73 Å². The van der Waals surface area contributed by atoms with Gasteiger partial charge in [-0.2, -0.15) is 0 Å². The molecule has 0 amide bonds. The zero-order chi connectivity index (χ0) is 10.1. The van der Waals surface area contributed by atoms with Crippen molar-refractivity contribution in [3.63, 3.8) is 0 Å². The molecule has 0 aliphatic carbocycles. The Labute approximate surface area is 94.5 Å². The number of thiophene rings is 1. The summed E-state index contributed by atoms with van der Waals surface area (Å²) in [6.45, 7) is 0.100. The first-order valence-corrected chi connectivity index (χ1v) is 6.16. The first-order chi connectivity index (χ1) is 6.74. The summed E-state index contributed by atoms with van der Waals surface area (Å²) >= 11 is 5.00. The number of aliphatic hydroxyl groups is 1. The molecule has 1 aromatic carbocycles. The third-order valence-corrected chi connectivity index (χ3v) is 3.82. The smallest absolute Gasteiger partial charge is 0.0774 e. The number of fused-ring (bicyclic) bond motifs is 1. The summed E-state index contributed by atoms with van der Waals surface area (Å²) in [4.78, 5) is 0.978. The highest BCUT2D eigenvalue weighted by atomic mass is 79.9. The van der Waals surface area contributed by atoms with Crippen LogP contribution in [-0.2, 0) is 11.9 Å². The maximum absolute atomic E-state index is 9.00. The number of hydrogen-bond donors (Lipinski definition) is 2. The number of nitrogens with two attached hydrogens (primary N) is 1. The molecule has 0 aliphatic rings. The second-order valence-corrected chi connectivity index (χ2v) is 4.82. The summed E-state index contributed by atoms with van der Waals surface area (Å²) in [6, 6.07) is 6.01. The second-order valence-electron chi connectivity index (χ2n) is 3.09. The molecular weight excluding hydrogens is 262 g/mol. The normalized spacial score (nSPS) is 11.0. The van der Waals surface area contributed by atoms with Crippen LogP contribution in [0.4, 0.5) is 5.69 Å². The number of hydrogen-bond acceptors (Lipinski definition) is 3. The Morgan fingerprint density at radius 2 is 2.14 bits per heavy atom. The Morgan fingerprint density at radius 1 is 1.36 bits per heavy atom. The van der Waals surface area contributed by atoms with Crippen LogP contribution in [0.3, 0.4) is 0 Å². The Balaban J connectivity index is 2.64. The number of alkyl halides is 1. The SMILES string of the molecule is Nc1cc2cc(CO)sc2cc1CBr. The van der Waals surface area contributed by atoms with Crippen LogP contribution in [0.25, 0.3) is 10.1 Å². The molecule has 0 atom stereocenters. The number of anilines is 1. The molecule has 0 unspecified atom stereocenters. The topological polar surface area (TPSA) is 46.2 Å². The Bertz CT molecular complexity index is 466. The molecule has 2 aromatic rings. The van der Waals surface area contributed by atoms with E-state index in [9.17, 15) is 0 Å². The standard InChI is InChI=1S/C10H10BrNOS/c11-4-7-3-10-6(2-9(7)12)1-8(5-13)14-10/h1-3,13H,4-5,12H2. The van der Waals surface area contributed by atoms with E-state index in [1.165, 1.54) is 4.70 Å². The second kappa shape index (κ2) is 3.88. The molecule has 0 radical (unpaired) electrons. The average molecular weight is 272 g/mol. The summed E-state index contributed by atoms with van der Waals surface area (Å²) in [5, 5.41) is 10.9. The van der Waals surface area contributed by atoms with E-state index in [0.717, 1.165) is 26.8 Å². The molecule has 2 nitrogen and oxygen atoms in total. The zero-order valence-corrected chi connectivity index (χ0v) is 9.86. The summed E-state index contributed by atoms with van der Waals surface area (Å²) in [6.07, 6.45) is 0. The van der Waals surface area contributed by atoms with Gasteiger partial charge in [0.2, 0.25) is 0 Å². The monoisotopic (exact) mass is 271 g/mol. The molecule has 4 heteroatoms. The lowest BCUT2D eigenvalue weighted by Crippen LogP contribution is -1.90.